The number of rotatable bonds is 3. The van der Waals surface area contributed by atoms with Gasteiger partial charge in [-0.25, -0.2) is 9.78 Å². The second-order valence-corrected chi connectivity index (χ2v) is 5.94. The summed E-state index contributed by atoms with van der Waals surface area (Å²) >= 11 is 9.27. The quantitative estimate of drug-likeness (QED) is 0.651. The van der Waals surface area contributed by atoms with E-state index in [0.717, 1.165) is 10.0 Å². The summed E-state index contributed by atoms with van der Waals surface area (Å²) in [5.41, 5.74) is 1.52. The van der Waals surface area contributed by atoms with E-state index in [9.17, 15) is 4.79 Å². The Hall–Kier alpha value is -2.18. The summed E-state index contributed by atoms with van der Waals surface area (Å²) in [5, 5.41) is 3.33. The highest BCUT2D eigenvalue weighted by atomic mass is 79.9. The molecule has 0 fully saturated rings. The van der Waals surface area contributed by atoms with Gasteiger partial charge in [0, 0.05) is 9.86 Å². The summed E-state index contributed by atoms with van der Waals surface area (Å²) in [7, 11) is 0. The summed E-state index contributed by atoms with van der Waals surface area (Å²) in [5.74, 6) is 0.311. The minimum atomic E-state index is -0.604. The van der Waals surface area contributed by atoms with Crippen LogP contribution < -0.4 is 5.32 Å². The van der Waals surface area contributed by atoms with Crippen molar-refractivity contribution in [2.75, 3.05) is 5.32 Å². The van der Waals surface area contributed by atoms with E-state index in [1.807, 2.05) is 36.4 Å². The Morgan fingerprint density at radius 1 is 1.17 bits per heavy atom. The van der Waals surface area contributed by atoms with Crippen molar-refractivity contribution in [3.63, 3.8) is 0 Å². The summed E-state index contributed by atoms with van der Waals surface area (Å²) in [6.07, 6.45) is -0.604. The molecule has 7 heteroatoms. The molecule has 3 rings (SSSR count). The molecule has 23 heavy (non-hydrogen) atoms. The highest BCUT2D eigenvalue weighted by molar-refractivity contribution is 9.10. The number of halogens is 2. The van der Waals surface area contributed by atoms with Gasteiger partial charge in [0.15, 0.2) is 0 Å². The van der Waals surface area contributed by atoms with E-state index in [4.69, 9.17) is 16.3 Å². The lowest BCUT2D eigenvalue weighted by Gasteiger charge is -2.09. The van der Waals surface area contributed by atoms with E-state index in [0.29, 0.717) is 16.7 Å². The van der Waals surface area contributed by atoms with Gasteiger partial charge in [0.05, 0.1) is 5.52 Å². The van der Waals surface area contributed by atoms with Crippen LogP contribution in [0.3, 0.4) is 0 Å². The number of carbonyl (C=O) groups is 1. The Labute approximate surface area is 145 Å². The van der Waals surface area contributed by atoms with Crippen molar-refractivity contribution in [3.05, 3.63) is 63.9 Å². The molecule has 1 N–H and O–H groups in total. The Kier molecular flexibility index (Phi) is 4.73. The highest BCUT2D eigenvalue weighted by Gasteiger charge is 2.11. The summed E-state index contributed by atoms with van der Waals surface area (Å²) in [4.78, 5) is 20.1. The topological polar surface area (TPSA) is 64.1 Å². The third-order valence-corrected chi connectivity index (χ3v) is 3.73. The average Bonchev–Trinajstić information content (AvgIpc) is 2.53. The van der Waals surface area contributed by atoms with Gasteiger partial charge in [-0.15, -0.1) is 0 Å². The van der Waals surface area contributed by atoms with E-state index in [-0.39, 0.29) is 11.9 Å². The maximum atomic E-state index is 12.0. The number of hydrogen-bond donors (Lipinski definition) is 1. The molecule has 0 spiro atoms. The van der Waals surface area contributed by atoms with Crippen LogP contribution in [0.1, 0.15) is 5.56 Å². The molecule has 1 aromatic heterocycles. The van der Waals surface area contributed by atoms with Gasteiger partial charge in [-0.2, -0.15) is 4.98 Å². The maximum absolute atomic E-state index is 12.0. The number of amides is 1. The van der Waals surface area contributed by atoms with Crippen LogP contribution in [0.15, 0.2) is 53.0 Å². The summed E-state index contributed by atoms with van der Waals surface area (Å²) < 4.78 is 6.04. The van der Waals surface area contributed by atoms with Gasteiger partial charge in [-0.3, -0.25) is 5.32 Å². The number of ether oxygens (including phenoxy) is 1. The molecule has 0 atom stereocenters. The highest BCUT2D eigenvalue weighted by Crippen LogP contribution is 2.25. The van der Waals surface area contributed by atoms with Crippen LogP contribution in [-0.4, -0.2) is 16.1 Å². The number of carbonyl (C=O) groups excluding carboxylic acids is 1. The molecule has 0 aliphatic heterocycles. The van der Waals surface area contributed by atoms with E-state index in [1.165, 1.54) is 0 Å². The van der Waals surface area contributed by atoms with Crippen LogP contribution in [0.25, 0.3) is 10.9 Å². The third kappa shape index (κ3) is 3.97. The fourth-order valence-corrected chi connectivity index (χ4v) is 2.55. The minimum Gasteiger partial charge on any atom is -0.444 e. The van der Waals surface area contributed by atoms with E-state index in [2.05, 4.69) is 31.2 Å². The van der Waals surface area contributed by atoms with Gasteiger partial charge in [0.25, 0.3) is 0 Å². The fraction of sp³-hybridized carbons (Fsp3) is 0.0625. The first-order chi connectivity index (χ1) is 11.1. The van der Waals surface area contributed by atoms with Gasteiger partial charge in [0.1, 0.15) is 12.4 Å². The molecule has 0 saturated carbocycles. The molecule has 1 amide bonds. The number of nitrogens with one attached hydrogen (secondary N) is 1. The maximum Gasteiger partial charge on any atom is 0.413 e. The molecule has 0 aliphatic rings. The first-order valence-electron chi connectivity index (χ1n) is 6.72. The van der Waals surface area contributed by atoms with Gasteiger partial charge >= 0.3 is 6.09 Å². The van der Waals surface area contributed by atoms with Crippen LogP contribution >= 0.6 is 27.5 Å². The zero-order valence-corrected chi connectivity index (χ0v) is 14.1. The largest absolute Gasteiger partial charge is 0.444 e. The molecule has 116 valence electrons. The number of fused-ring (bicyclic) bond motifs is 1. The molecule has 1 heterocycles. The first-order valence-corrected chi connectivity index (χ1v) is 7.89. The smallest absolute Gasteiger partial charge is 0.413 e. The monoisotopic (exact) mass is 391 g/mol. The molecule has 3 aromatic rings. The van der Waals surface area contributed by atoms with Crippen LogP contribution in [0.2, 0.25) is 5.28 Å². The molecule has 2 aromatic carbocycles. The minimum absolute atomic E-state index is 0.0500. The van der Waals surface area contributed by atoms with Gasteiger partial charge in [-0.05, 0) is 35.4 Å². The van der Waals surface area contributed by atoms with Crippen molar-refractivity contribution in [2.24, 2.45) is 0 Å². The predicted molar refractivity (Wildman–Crippen MR) is 92.5 cm³/mol. The molecular formula is C16H11BrClN3O2. The lowest BCUT2D eigenvalue weighted by molar-refractivity contribution is 0.155. The second-order valence-electron chi connectivity index (χ2n) is 4.69. The SMILES string of the molecule is O=C(Nc1nc(Cl)nc2cc(Br)ccc12)OCc1ccccc1. The lowest BCUT2D eigenvalue weighted by Crippen LogP contribution is -2.15. The van der Waals surface area contributed by atoms with Crippen molar-refractivity contribution in [1.82, 2.24) is 9.97 Å². The molecule has 0 radical (unpaired) electrons. The summed E-state index contributed by atoms with van der Waals surface area (Å²) in [6, 6.07) is 14.8. The number of nitrogens with zero attached hydrogens (tertiary/aromatic N) is 2. The zero-order chi connectivity index (χ0) is 16.2. The Morgan fingerprint density at radius 2 is 1.96 bits per heavy atom. The molecule has 0 unspecified atom stereocenters. The number of benzene rings is 2. The predicted octanol–water partition coefficient (Wildman–Crippen LogP) is 4.79. The number of aromatic nitrogens is 2. The van der Waals surface area contributed by atoms with Crippen molar-refractivity contribution < 1.29 is 9.53 Å². The zero-order valence-electron chi connectivity index (χ0n) is 11.8. The van der Waals surface area contributed by atoms with Crippen molar-refractivity contribution in [2.45, 2.75) is 6.61 Å². The lowest BCUT2D eigenvalue weighted by atomic mass is 10.2. The third-order valence-electron chi connectivity index (χ3n) is 3.06. The van der Waals surface area contributed by atoms with Crippen LogP contribution in [0, 0.1) is 0 Å². The van der Waals surface area contributed by atoms with Crippen LogP contribution in [0.5, 0.6) is 0 Å². The van der Waals surface area contributed by atoms with Gasteiger partial charge in [-0.1, -0.05) is 46.3 Å². The normalized spacial score (nSPS) is 10.5. The number of anilines is 1. The first kappa shape index (κ1) is 15.7. The van der Waals surface area contributed by atoms with Crippen molar-refractivity contribution in [3.8, 4) is 0 Å². The molecule has 0 saturated heterocycles. The van der Waals surface area contributed by atoms with Crippen LogP contribution in [0.4, 0.5) is 10.6 Å². The van der Waals surface area contributed by atoms with Crippen molar-refractivity contribution in [1.29, 1.82) is 0 Å². The Balaban J connectivity index is 1.77. The average molecular weight is 393 g/mol. The molecule has 0 aliphatic carbocycles. The number of hydrogen-bond acceptors (Lipinski definition) is 4. The molecule has 0 bridgehead atoms. The Morgan fingerprint density at radius 3 is 2.74 bits per heavy atom. The van der Waals surface area contributed by atoms with Crippen LogP contribution in [-0.2, 0) is 11.3 Å². The van der Waals surface area contributed by atoms with E-state index in [1.54, 1.807) is 12.1 Å². The summed E-state index contributed by atoms with van der Waals surface area (Å²) in [6.45, 7) is 0.176. The van der Waals surface area contributed by atoms with Gasteiger partial charge < -0.3 is 4.74 Å². The van der Waals surface area contributed by atoms with E-state index >= 15 is 0 Å². The van der Waals surface area contributed by atoms with Crippen molar-refractivity contribution >= 4 is 50.3 Å². The standard InChI is InChI=1S/C16H11BrClN3O2/c17-11-6-7-12-13(8-11)19-15(18)20-14(12)21-16(22)23-9-10-4-2-1-3-5-10/h1-8H,9H2,(H,19,20,21,22). The Bertz CT molecular complexity index is 853. The molecule has 5 nitrogen and oxygen atoms in total. The van der Waals surface area contributed by atoms with E-state index < -0.39 is 6.09 Å². The van der Waals surface area contributed by atoms with Gasteiger partial charge in [0.2, 0.25) is 5.28 Å². The second kappa shape index (κ2) is 6.93. The molecular weight excluding hydrogens is 382 g/mol. The fourth-order valence-electron chi connectivity index (χ4n) is 2.03.